The molecule has 0 radical (unpaired) electrons. The fourth-order valence-electron chi connectivity index (χ4n) is 1.81. The van der Waals surface area contributed by atoms with Gasteiger partial charge in [0.05, 0.1) is 0 Å². The summed E-state index contributed by atoms with van der Waals surface area (Å²) in [6, 6.07) is 5.74. The molecule has 0 aliphatic rings. The number of rotatable bonds is 6. The van der Waals surface area contributed by atoms with Gasteiger partial charge in [-0.1, -0.05) is 26.0 Å². The van der Waals surface area contributed by atoms with Gasteiger partial charge in [-0.3, -0.25) is 4.79 Å². The third-order valence-corrected chi connectivity index (χ3v) is 3.02. The van der Waals surface area contributed by atoms with Crippen LogP contribution in [-0.4, -0.2) is 18.6 Å². The van der Waals surface area contributed by atoms with Crippen molar-refractivity contribution in [2.75, 3.05) is 6.54 Å². The molecule has 0 heterocycles. The van der Waals surface area contributed by atoms with Gasteiger partial charge >= 0.3 is 0 Å². The van der Waals surface area contributed by atoms with Gasteiger partial charge in [0, 0.05) is 18.2 Å². The van der Waals surface area contributed by atoms with Crippen LogP contribution in [0.5, 0.6) is 5.75 Å². The van der Waals surface area contributed by atoms with Crippen LogP contribution in [0.4, 0.5) is 0 Å². The van der Waals surface area contributed by atoms with Crippen LogP contribution in [0.3, 0.4) is 0 Å². The quantitative estimate of drug-likeness (QED) is 0.840. The lowest BCUT2D eigenvalue weighted by Gasteiger charge is -2.19. The number of carbonyl (C=O) groups excluding carboxylic acids is 1. The Morgan fingerprint density at radius 1 is 1.30 bits per heavy atom. The second kappa shape index (κ2) is 7.29. The first-order chi connectivity index (χ1) is 9.31. The first kappa shape index (κ1) is 16.5. The molecule has 4 nitrogen and oxygen atoms in total. The molecule has 1 amide bonds. The fourth-order valence-corrected chi connectivity index (χ4v) is 1.81. The first-order valence-electron chi connectivity index (χ1n) is 7.11. The molecule has 4 heteroatoms. The maximum atomic E-state index is 12.0. The van der Waals surface area contributed by atoms with E-state index in [1.165, 1.54) is 0 Å². The number of nitrogens with two attached hydrogens (primary N) is 1. The highest BCUT2D eigenvalue weighted by Gasteiger charge is 2.17. The molecule has 0 fully saturated rings. The van der Waals surface area contributed by atoms with Crippen LogP contribution < -0.4 is 15.8 Å². The molecule has 0 saturated carbocycles. The molecule has 1 aromatic rings. The lowest BCUT2D eigenvalue weighted by Crippen LogP contribution is -2.38. The van der Waals surface area contributed by atoms with Gasteiger partial charge in [0.1, 0.15) is 5.75 Å². The summed E-state index contributed by atoms with van der Waals surface area (Å²) in [5, 5.41) is 2.87. The summed E-state index contributed by atoms with van der Waals surface area (Å²) in [6.07, 6.45) is -0.534. The number of benzene rings is 1. The number of hydrogen-bond donors (Lipinski definition) is 2. The van der Waals surface area contributed by atoms with Crippen molar-refractivity contribution in [3.05, 3.63) is 29.3 Å². The Kier molecular flexibility index (Phi) is 6.02. The average molecular weight is 278 g/mol. The molecular formula is C16H26N2O2. The highest BCUT2D eigenvalue weighted by molar-refractivity contribution is 5.80. The van der Waals surface area contributed by atoms with Crippen LogP contribution in [0.15, 0.2) is 18.2 Å². The predicted octanol–water partition coefficient (Wildman–Crippen LogP) is 2.55. The van der Waals surface area contributed by atoms with Crippen molar-refractivity contribution in [2.45, 2.75) is 46.8 Å². The van der Waals surface area contributed by atoms with Gasteiger partial charge in [-0.05, 0) is 38.3 Å². The smallest absolute Gasteiger partial charge is 0.260 e. The summed E-state index contributed by atoms with van der Waals surface area (Å²) in [7, 11) is 0. The number of nitrogens with one attached hydrogen (secondary N) is 1. The number of ether oxygens (including phenoxy) is 1. The zero-order valence-corrected chi connectivity index (χ0v) is 13.1. The van der Waals surface area contributed by atoms with Gasteiger partial charge in [-0.2, -0.15) is 0 Å². The Morgan fingerprint density at radius 2 is 1.95 bits per heavy atom. The maximum Gasteiger partial charge on any atom is 0.260 e. The van der Waals surface area contributed by atoms with E-state index in [1.807, 2.05) is 32.0 Å². The van der Waals surface area contributed by atoms with Crippen LogP contribution in [0.25, 0.3) is 0 Å². The van der Waals surface area contributed by atoms with Crippen molar-refractivity contribution >= 4 is 5.91 Å². The Morgan fingerprint density at radius 3 is 2.50 bits per heavy atom. The van der Waals surface area contributed by atoms with Gasteiger partial charge in [0.15, 0.2) is 6.10 Å². The van der Waals surface area contributed by atoms with Crippen LogP contribution in [0, 0.1) is 12.8 Å². The van der Waals surface area contributed by atoms with Gasteiger partial charge in [0.25, 0.3) is 5.91 Å². The van der Waals surface area contributed by atoms with Crippen molar-refractivity contribution in [3.63, 3.8) is 0 Å². The lowest BCUT2D eigenvalue weighted by atomic mass is 10.1. The third-order valence-electron chi connectivity index (χ3n) is 3.02. The zero-order valence-electron chi connectivity index (χ0n) is 13.1. The van der Waals surface area contributed by atoms with E-state index >= 15 is 0 Å². The largest absolute Gasteiger partial charge is 0.481 e. The molecular weight excluding hydrogens is 252 g/mol. The summed E-state index contributed by atoms with van der Waals surface area (Å²) < 4.78 is 5.79. The van der Waals surface area contributed by atoms with E-state index in [2.05, 4.69) is 19.2 Å². The van der Waals surface area contributed by atoms with Crippen LogP contribution in [-0.2, 0) is 4.79 Å². The van der Waals surface area contributed by atoms with E-state index in [0.29, 0.717) is 18.2 Å². The minimum Gasteiger partial charge on any atom is -0.481 e. The Labute approximate surface area is 121 Å². The standard InChI is InChI=1S/C16H26N2O2/c1-10(2)9-18-16(19)13(5)20-15-8-11(3)6-7-14(15)12(4)17/h6-8,10,12-13H,9,17H2,1-5H3,(H,18,19)/t12-,13?/m1/s1. The van der Waals surface area contributed by atoms with E-state index in [4.69, 9.17) is 10.5 Å². The maximum absolute atomic E-state index is 12.0. The Balaban J connectivity index is 2.76. The number of carbonyl (C=O) groups is 1. The van der Waals surface area contributed by atoms with Gasteiger partial charge in [0.2, 0.25) is 0 Å². The number of amides is 1. The molecule has 0 bridgehead atoms. The van der Waals surface area contributed by atoms with E-state index in [9.17, 15) is 4.79 Å². The second-order valence-electron chi connectivity index (χ2n) is 5.73. The molecule has 2 atom stereocenters. The summed E-state index contributed by atoms with van der Waals surface area (Å²) in [5.74, 6) is 1.01. The monoisotopic (exact) mass is 278 g/mol. The highest BCUT2D eigenvalue weighted by Crippen LogP contribution is 2.26. The van der Waals surface area contributed by atoms with Crippen molar-refractivity contribution in [2.24, 2.45) is 11.7 Å². The molecule has 0 saturated heterocycles. The predicted molar refractivity (Wildman–Crippen MR) is 81.7 cm³/mol. The van der Waals surface area contributed by atoms with Crippen molar-refractivity contribution in [1.29, 1.82) is 0 Å². The summed E-state index contributed by atoms with van der Waals surface area (Å²) >= 11 is 0. The fraction of sp³-hybridized carbons (Fsp3) is 0.562. The molecule has 0 aliphatic heterocycles. The van der Waals surface area contributed by atoms with E-state index in [1.54, 1.807) is 6.92 Å². The van der Waals surface area contributed by atoms with Crippen molar-refractivity contribution < 1.29 is 9.53 Å². The van der Waals surface area contributed by atoms with Crippen molar-refractivity contribution in [3.8, 4) is 5.75 Å². The second-order valence-corrected chi connectivity index (χ2v) is 5.73. The lowest BCUT2D eigenvalue weighted by molar-refractivity contribution is -0.127. The van der Waals surface area contributed by atoms with Crippen LogP contribution >= 0.6 is 0 Å². The van der Waals surface area contributed by atoms with Crippen LogP contribution in [0.1, 0.15) is 44.9 Å². The molecule has 1 unspecified atom stereocenters. The topological polar surface area (TPSA) is 64.3 Å². The summed E-state index contributed by atoms with van der Waals surface area (Å²) in [4.78, 5) is 12.0. The van der Waals surface area contributed by atoms with E-state index < -0.39 is 6.10 Å². The molecule has 0 aromatic heterocycles. The molecule has 1 rings (SSSR count). The number of aryl methyl sites for hydroxylation is 1. The molecule has 0 aliphatic carbocycles. The van der Waals surface area contributed by atoms with E-state index in [0.717, 1.165) is 11.1 Å². The SMILES string of the molecule is Cc1ccc([C@@H](C)N)c(OC(C)C(=O)NCC(C)C)c1. The van der Waals surface area contributed by atoms with Gasteiger partial charge in [-0.15, -0.1) is 0 Å². The van der Waals surface area contributed by atoms with Crippen LogP contribution in [0.2, 0.25) is 0 Å². The normalized spacial score (nSPS) is 13.9. The number of hydrogen-bond acceptors (Lipinski definition) is 3. The first-order valence-corrected chi connectivity index (χ1v) is 7.11. The molecule has 3 N–H and O–H groups in total. The minimum atomic E-state index is -0.534. The minimum absolute atomic E-state index is 0.101. The van der Waals surface area contributed by atoms with Gasteiger partial charge < -0.3 is 15.8 Å². The van der Waals surface area contributed by atoms with Crippen molar-refractivity contribution in [1.82, 2.24) is 5.32 Å². The molecule has 0 spiro atoms. The Hall–Kier alpha value is -1.55. The van der Waals surface area contributed by atoms with Gasteiger partial charge in [-0.25, -0.2) is 0 Å². The third kappa shape index (κ3) is 4.85. The highest BCUT2D eigenvalue weighted by atomic mass is 16.5. The molecule has 20 heavy (non-hydrogen) atoms. The molecule has 1 aromatic carbocycles. The Bertz CT molecular complexity index is 456. The average Bonchev–Trinajstić information content (AvgIpc) is 2.35. The zero-order chi connectivity index (χ0) is 15.3. The summed E-state index contributed by atoms with van der Waals surface area (Å²) in [6.45, 7) is 10.4. The summed E-state index contributed by atoms with van der Waals surface area (Å²) in [5.41, 5.74) is 7.93. The molecule has 112 valence electrons. The van der Waals surface area contributed by atoms with E-state index in [-0.39, 0.29) is 11.9 Å².